The topological polar surface area (TPSA) is 37.3 Å². The molecule has 1 fully saturated rings. The van der Waals surface area contributed by atoms with Crippen LogP contribution in [0.15, 0.2) is 29.2 Å². The Labute approximate surface area is 100 Å². The van der Waals surface area contributed by atoms with Crippen LogP contribution in [-0.4, -0.2) is 17.3 Å². The Kier molecular flexibility index (Phi) is 3.54. The monoisotopic (exact) mass is 236 g/mol. The van der Waals surface area contributed by atoms with Gasteiger partial charge in [0.05, 0.1) is 5.92 Å². The van der Waals surface area contributed by atoms with Crippen molar-refractivity contribution in [3.05, 3.63) is 29.8 Å². The van der Waals surface area contributed by atoms with Gasteiger partial charge in [-0.25, -0.2) is 0 Å². The number of hydrogen-bond acceptors (Lipinski definition) is 2. The van der Waals surface area contributed by atoms with Gasteiger partial charge in [0.1, 0.15) is 0 Å². The van der Waals surface area contributed by atoms with Crippen molar-refractivity contribution in [3.8, 4) is 0 Å². The lowest BCUT2D eigenvalue weighted by Gasteiger charge is -2.01. The van der Waals surface area contributed by atoms with Crippen molar-refractivity contribution >= 4 is 17.7 Å². The Hall–Kier alpha value is -0.960. The molecule has 0 saturated heterocycles. The van der Waals surface area contributed by atoms with E-state index in [2.05, 4.69) is 30.5 Å². The SMILES string of the molecule is CSc1ccc(CCC2CC2C(=O)O)cc1. The normalized spacial score (nSPS) is 23.1. The van der Waals surface area contributed by atoms with Gasteiger partial charge in [-0.15, -0.1) is 11.8 Å². The molecule has 1 N–H and O–H groups in total. The standard InChI is InChI=1S/C13H16O2S/c1-16-11-6-3-9(4-7-11)2-5-10-8-12(10)13(14)15/h3-4,6-7,10,12H,2,5,8H2,1H3,(H,14,15). The van der Waals surface area contributed by atoms with E-state index in [0.29, 0.717) is 5.92 Å². The fourth-order valence-corrected chi connectivity index (χ4v) is 2.42. The highest BCUT2D eigenvalue weighted by Crippen LogP contribution is 2.42. The van der Waals surface area contributed by atoms with Gasteiger partial charge in [-0.05, 0) is 49.1 Å². The van der Waals surface area contributed by atoms with E-state index in [1.807, 2.05) is 0 Å². The summed E-state index contributed by atoms with van der Waals surface area (Å²) in [6.45, 7) is 0. The molecular formula is C13H16O2S. The van der Waals surface area contributed by atoms with Crippen LogP contribution in [-0.2, 0) is 11.2 Å². The summed E-state index contributed by atoms with van der Waals surface area (Å²) in [6, 6.07) is 8.54. The zero-order valence-electron chi connectivity index (χ0n) is 9.35. The molecule has 0 radical (unpaired) electrons. The van der Waals surface area contributed by atoms with E-state index < -0.39 is 5.97 Å². The maximum Gasteiger partial charge on any atom is 0.306 e. The Morgan fingerprint density at radius 1 is 1.44 bits per heavy atom. The molecular weight excluding hydrogens is 220 g/mol. The highest BCUT2D eigenvalue weighted by atomic mass is 32.2. The molecule has 16 heavy (non-hydrogen) atoms. The van der Waals surface area contributed by atoms with Crippen molar-refractivity contribution in [2.24, 2.45) is 11.8 Å². The average Bonchev–Trinajstić information content (AvgIpc) is 3.06. The van der Waals surface area contributed by atoms with Crippen molar-refractivity contribution in [3.63, 3.8) is 0 Å². The third-order valence-electron chi connectivity index (χ3n) is 3.20. The zero-order valence-corrected chi connectivity index (χ0v) is 10.2. The average molecular weight is 236 g/mol. The maximum atomic E-state index is 10.7. The first-order valence-corrected chi connectivity index (χ1v) is 6.79. The summed E-state index contributed by atoms with van der Waals surface area (Å²) in [5.41, 5.74) is 1.31. The highest BCUT2D eigenvalue weighted by molar-refractivity contribution is 7.98. The first-order chi connectivity index (χ1) is 7.70. The van der Waals surface area contributed by atoms with Crippen LogP contribution in [0.5, 0.6) is 0 Å². The lowest BCUT2D eigenvalue weighted by Crippen LogP contribution is -2.00. The van der Waals surface area contributed by atoms with Crippen molar-refractivity contribution in [2.45, 2.75) is 24.2 Å². The minimum absolute atomic E-state index is 0.0644. The summed E-state index contributed by atoms with van der Waals surface area (Å²) in [7, 11) is 0. The number of aryl methyl sites for hydroxylation is 1. The highest BCUT2D eigenvalue weighted by Gasteiger charge is 2.42. The Morgan fingerprint density at radius 2 is 2.12 bits per heavy atom. The summed E-state index contributed by atoms with van der Waals surface area (Å²) in [6.07, 6.45) is 4.95. The molecule has 1 aromatic carbocycles. The lowest BCUT2D eigenvalue weighted by molar-refractivity contribution is -0.138. The second kappa shape index (κ2) is 4.91. The van der Waals surface area contributed by atoms with E-state index in [1.54, 1.807) is 11.8 Å². The smallest absolute Gasteiger partial charge is 0.306 e. The van der Waals surface area contributed by atoms with Gasteiger partial charge in [-0.3, -0.25) is 4.79 Å². The number of hydrogen-bond donors (Lipinski definition) is 1. The molecule has 2 atom stereocenters. The van der Waals surface area contributed by atoms with Crippen LogP contribution in [0.4, 0.5) is 0 Å². The molecule has 0 spiro atoms. The van der Waals surface area contributed by atoms with Crippen LogP contribution in [0.2, 0.25) is 0 Å². The molecule has 1 aliphatic rings. The fourth-order valence-electron chi connectivity index (χ4n) is 2.01. The largest absolute Gasteiger partial charge is 0.481 e. The molecule has 86 valence electrons. The first kappa shape index (κ1) is 11.5. The minimum Gasteiger partial charge on any atom is -0.481 e. The van der Waals surface area contributed by atoms with Crippen LogP contribution >= 0.6 is 11.8 Å². The Bertz CT molecular complexity index is 372. The molecule has 2 rings (SSSR count). The summed E-state index contributed by atoms with van der Waals surface area (Å²) >= 11 is 1.74. The van der Waals surface area contributed by atoms with Gasteiger partial charge in [0, 0.05) is 4.90 Å². The van der Waals surface area contributed by atoms with E-state index in [-0.39, 0.29) is 5.92 Å². The van der Waals surface area contributed by atoms with Crippen molar-refractivity contribution < 1.29 is 9.90 Å². The fraction of sp³-hybridized carbons (Fsp3) is 0.462. The third kappa shape index (κ3) is 2.79. The number of rotatable bonds is 5. The second-order valence-corrected chi connectivity index (χ2v) is 5.21. The summed E-state index contributed by atoms with van der Waals surface area (Å²) in [5.74, 6) is -0.272. The van der Waals surface area contributed by atoms with E-state index in [9.17, 15) is 4.79 Å². The van der Waals surface area contributed by atoms with Crippen LogP contribution in [0.25, 0.3) is 0 Å². The summed E-state index contributed by atoms with van der Waals surface area (Å²) in [5, 5.41) is 8.79. The minimum atomic E-state index is -0.622. The van der Waals surface area contributed by atoms with Gasteiger partial charge in [-0.2, -0.15) is 0 Å². The molecule has 0 aromatic heterocycles. The molecule has 0 aliphatic heterocycles. The van der Waals surface area contributed by atoms with Gasteiger partial charge in [-0.1, -0.05) is 12.1 Å². The van der Waals surface area contributed by atoms with Crippen LogP contribution in [0.3, 0.4) is 0 Å². The predicted octanol–water partition coefficient (Wildman–Crippen LogP) is 3.06. The molecule has 0 bridgehead atoms. The van der Waals surface area contributed by atoms with Gasteiger partial charge in [0.2, 0.25) is 0 Å². The van der Waals surface area contributed by atoms with Crippen LogP contribution in [0, 0.1) is 11.8 Å². The van der Waals surface area contributed by atoms with Crippen molar-refractivity contribution in [2.75, 3.05) is 6.26 Å². The molecule has 2 unspecified atom stereocenters. The van der Waals surface area contributed by atoms with Gasteiger partial charge in [0.15, 0.2) is 0 Å². The quantitative estimate of drug-likeness (QED) is 0.798. The van der Waals surface area contributed by atoms with Crippen molar-refractivity contribution in [1.29, 1.82) is 0 Å². The molecule has 0 amide bonds. The van der Waals surface area contributed by atoms with Crippen molar-refractivity contribution in [1.82, 2.24) is 0 Å². The van der Waals surface area contributed by atoms with E-state index in [0.717, 1.165) is 19.3 Å². The first-order valence-electron chi connectivity index (χ1n) is 5.56. The molecule has 1 saturated carbocycles. The molecule has 1 aromatic rings. The molecule has 0 heterocycles. The predicted molar refractivity (Wildman–Crippen MR) is 65.8 cm³/mol. The maximum absolute atomic E-state index is 10.7. The summed E-state index contributed by atoms with van der Waals surface area (Å²) in [4.78, 5) is 11.9. The molecule has 3 heteroatoms. The van der Waals surface area contributed by atoms with E-state index in [1.165, 1.54) is 10.5 Å². The number of carboxylic acids is 1. The Morgan fingerprint density at radius 3 is 2.62 bits per heavy atom. The zero-order chi connectivity index (χ0) is 11.5. The van der Waals surface area contributed by atoms with Crippen LogP contribution in [0.1, 0.15) is 18.4 Å². The number of thioether (sulfide) groups is 1. The van der Waals surface area contributed by atoms with E-state index in [4.69, 9.17) is 5.11 Å². The molecule has 1 aliphatic carbocycles. The molecule has 2 nitrogen and oxygen atoms in total. The lowest BCUT2D eigenvalue weighted by atomic mass is 10.1. The summed E-state index contributed by atoms with van der Waals surface area (Å²) < 4.78 is 0. The number of carbonyl (C=O) groups is 1. The van der Waals surface area contributed by atoms with Gasteiger partial charge < -0.3 is 5.11 Å². The Balaban J connectivity index is 1.80. The van der Waals surface area contributed by atoms with Gasteiger partial charge in [0.25, 0.3) is 0 Å². The number of benzene rings is 1. The van der Waals surface area contributed by atoms with E-state index >= 15 is 0 Å². The van der Waals surface area contributed by atoms with Gasteiger partial charge >= 0.3 is 5.97 Å². The number of aliphatic carboxylic acids is 1. The second-order valence-electron chi connectivity index (χ2n) is 4.33. The third-order valence-corrected chi connectivity index (χ3v) is 3.95. The number of carboxylic acid groups (broad SMARTS) is 1. The van der Waals surface area contributed by atoms with Crippen LogP contribution < -0.4 is 0 Å².